The van der Waals surface area contributed by atoms with Crippen LogP contribution >= 0.6 is 11.3 Å². The molecule has 2 amide bonds. The van der Waals surface area contributed by atoms with E-state index >= 15 is 0 Å². The maximum absolute atomic E-state index is 12.7. The zero-order valence-corrected chi connectivity index (χ0v) is 19.6. The monoisotopic (exact) mass is 489 g/mol. The molecule has 1 aromatic heterocycles. The Kier molecular flexibility index (Phi) is 7.69. The van der Waals surface area contributed by atoms with Gasteiger partial charge in [0.2, 0.25) is 10.0 Å². The number of benzene rings is 2. The van der Waals surface area contributed by atoms with Crippen molar-refractivity contribution >= 4 is 38.9 Å². The molecular weight excluding hydrogens is 466 g/mol. The summed E-state index contributed by atoms with van der Waals surface area (Å²) in [6, 6.07) is 12.1. The largest absolute Gasteiger partial charge is 0.493 e. The van der Waals surface area contributed by atoms with Gasteiger partial charge >= 0.3 is 0 Å². The molecule has 33 heavy (non-hydrogen) atoms. The molecule has 9 nitrogen and oxygen atoms in total. The topological polar surface area (TPSA) is 137 Å². The second-order valence-corrected chi connectivity index (χ2v) is 9.62. The van der Waals surface area contributed by atoms with Crippen LogP contribution in [0.15, 0.2) is 58.8 Å². The number of ether oxygens (including phenoxy) is 2. The smallest absolute Gasteiger partial charge is 0.255 e. The van der Waals surface area contributed by atoms with Gasteiger partial charge in [-0.2, -0.15) is 0 Å². The first-order valence-corrected chi connectivity index (χ1v) is 12.1. The number of sulfonamides is 1. The molecule has 0 saturated carbocycles. The van der Waals surface area contributed by atoms with Crippen LogP contribution in [-0.2, 0) is 16.4 Å². The lowest BCUT2D eigenvalue weighted by Gasteiger charge is -2.14. The average molecular weight is 490 g/mol. The Hall–Kier alpha value is -3.41. The third-order valence-corrected chi connectivity index (χ3v) is 7.12. The number of carbonyl (C=O) groups is 2. The zero-order chi connectivity index (χ0) is 24.0. The van der Waals surface area contributed by atoms with Crippen LogP contribution in [0.3, 0.4) is 0 Å². The Labute approximate surface area is 195 Å². The Balaban J connectivity index is 1.73. The first-order chi connectivity index (χ1) is 15.7. The van der Waals surface area contributed by atoms with Gasteiger partial charge in [0.05, 0.1) is 30.4 Å². The van der Waals surface area contributed by atoms with Gasteiger partial charge in [0.25, 0.3) is 11.8 Å². The van der Waals surface area contributed by atoms with Crippen molar-refractivity contribution in [3.8, 4) is 11.5 Å². The molecule has 0 atom stereocenters. The van der Waals surface area contributed by atoms with Crippen LogP contribution in [0, 0.1) is 0 Å². The number of hydrogen-bond acceptors (Lipinski definition) is 7. The van der Waals surface area contributed by atoms with Gasteiger partial charge < -0.3 is 20.5 Å². The Morgan fingerprint density at radius 1 is 1.03 bits per heavy atom. The van der Waals surface area contributed by atoms with Crippen molar-refractivity contribution in [1.82, 2.24) is 4.72 Å². The number of rotatable bonds is 10. The van der Waals surface area contributed by atoms with Gasteiger partial charge in [-0.3, -0.25) is 9.59 Å². The molecule has 0 aliphatic carbocycles. The summed E-state index contributed by atoms with van der Waals surface area (Å²) in [6.45, 7) is 0.264. The van der Waals surface area contributed by atoms with E-state index in [-0.39, 0.29) is 34.0 Å². The van der Waals surface area contributed by atoms with Gasteiger partial charge in [0.15, 0.2) is 11.5 Å². The number of nitrogens with two attached hydrogens (primary N) is 1. The minimum atomic E-state index is -3.72. The number of methoxy groups -OCH3 is 2. The van der Waals surface area contributed by atoms with Crippen molar-refractivity contribution in [2.24, 2.45) is 5.73 Å². The summed E-state index contributed by atoms with van der Waals surface area (Å²) in [5.74, 6) is -0.737. The Bertz CT molecular complexity index is 1240. The van der Waals surface area contributed by atoms with Gasteiger partial charge in [0, 0.05) is 23.1 Å². The maximum Gasteiger partial charge on any atom is 0.255 e. The molecule has 0 unspecified atom stereocenters. The van der Waals surface area contributed by atoms with Crippen LogP contribution in [-0.4, -0.2) is 41.0 Å². The summed E-state index contributed by atoms with van der Waals surface area (Å²) >= 11 is 1.56. The van der Waals surface area contributed by atoms with Crippen LogP contribution in [0.1, 0.15) is 25.6 Å². The van der Waals surface area contributed by atoms with E-state index in [0.717, 1.165) is 4.88 Å². The fourth-order valence-electron chi connectivity index (χ4n) is 3.01. The van der Waals surface area contributed by atoms with Crippen LogP contribution < -0.4 is 25.2 Å². The van der Waals surface area contributed by atoms with Gasteiger partial charge in [-0.1, -0.05) is 6.07 Å². The molecule has 0 spiro atoms. The summed E-state index contributed by atoms with van der Waals surface area (Å²) in [5.41, 5.74) is 5.79. The third-order valence-electron chi connectivity index (χ3n) is 4.71. The summed E-state index contributed by atoms with van der Waals surface area (Å²) < 4.78 is 37.9. The molecule has 2 aromatic carbocycles. The number of anilines is 1. The molecule has 11 heteroatoms. The SMILES string of the molecule is COc1cc(NC(=O)c2ccc(S(=O)(=O)NCCc3cccs3)cc2)c(C(N)=O)cc1OC. The standard InChI is InChI=1S/C22H23N3O6S2/c1-30-19-12-17(21(23)26)18(13-20(19)31-2)25-22(27)14-5-7-16(8-6-14)33(28,29)24-10-9-15-4-3-11-32-15/h3-8,11-13,24H,9-10H2,1-2H3,(H2,23,26)(H,25,27). The summed E-state index contributed by atoms with van der Waals surface area (Å²) in [7, 11) is -0.890. The highest BCUT2D eigenvalue weighted by molar-refractivity contribution is 7.89. The molecule has 0 fully saturated rings. The highest BCUT2D eigenvalue weighted by atomic mass is 32.2. The minimum absolute atomic E-state index is 0.0363. The Morgan fingerprint density at radius 2 is 1.70 bits per heavy atom. The van der Waals surface area contributed by atoms with Crippen molar-refractivity contribution < 1.29 is 27.5 Å². The highest BCUT2D eigenvalue weighted by Crippen LogP contribution is 2.33. The molecule has 0 bridgehead atoms. The van der Waals surface area contributed by atoms with E-state index < -0.39 is 21.8 Å². The van der Waals surface area contributed by atoms with Crippen LogP contribution in [0.25, 0.3) is 0 Å². The molecule has 174 valence electrons. The van der Waals surface area contributed by atoms with Gasteiger partial charge in [-0.25, -0.2) is 13.1 Å². The molecule has 4 N–H and O–H groups in total. The first kappa shape index (κ1) is 24.2. The summed E-state index contributed by atoms with van der Waals surface area (Å²) in [5, 5.41) is 4.54. The molecule has 3 aromatic rings. The molecule has 3 rings (SSSR count). The lowest BCUT2D eigenvalue weighted by atomic mass is 10.1. The van der Waals surface area contributed by atoms with Crippen molar-refractivity contribution in [2.75, 3.05) is 26.1 Å². The molecule has 1 heterocycles. The normalized spacial score (nSPS) is 11.1. The van der Waals surface area contributed by atoms with E-state index in [1.807, 2.05) is 17.5 Å². The van der Waals surface area contributed by atoms with Crippen LogP contribution in [0.4, 0.5) is 5.69 Å². The van der Waals surface area contributed by atoms with Crippen LogP contribution in [0.2, 0.25) is 0 Å². The Morgan fingerprint density at radius 3 is 2.27 bits per heavy atom. The molecule has 0 aliphatic heterocycles. The second kappa shape index (κ2) is 10.5. The van der Waals surface area contributed by atoms with E-state index in [4.69, 9.17) is 15.2 Å². The zero-order valence-electron chi connectivity index (χ0n) is 18.0. The molecule has 0 saturated heterocycles. The highest BCUT2D eigenvalue weighted by Gasteiger charge is 2.19. The number of carbonyl (C=O) groups excluding carboxylic acids is 2. The van der Waals surface area contributed by atoms with Gasteiger partial charge in [-0.15, -0.1) is 11.3 Å². The lowest BCUT2D eigenvalue weighted by Crippen LogP contribution is -2.26. The number of hydrogen-bond donors (Lipinski definition) is 3. The fourth-order valence-corrected chi connectivity index (χ4v) is 4.75. The van der Waals surface area contributed by atoms with Gasteiger partial charge in [-0.05, 0) is 48.2 Å². The van der Waals surface area contributed by atoms with E-state index in [1.54, 1.807) is 11.3 Å². The minimum Gasteiger partial charge on any atom is -0.493 e. The average Bonchev–Trinajstić information content (AvgIpc) is 3.32. The van der Waals surface area contributed by atoms with Crippen molar-refractivity contribution in [3.63, 3.8) is 0 Å². The first-order valence-electron chi connectivity index (χ1n) is 9.74. The fraction of sp³-hybridized carbons (Fsp3) is 0.182. The predicted octanol–water partition coefficient (Wildman–Crippen LogP) is 2.64. The molecule has 0 aliphatic rings. The number of amides is 2. The van der Waals surface area contributed by atoms with Crippen molar-refractivity contribution in [3.05, 3.63) is 69.9 Å². The predicted molar refractivity (Wildman–Crippen MR) is 126 cm³/mol. The third kappa shape index (κ3) is 5.89. The second-order valence-electron chi connectivity index (χ2n) is 6.82. The number of thiophene rings is 1. The van der Waals surface area contributed by atoms with E-state index in [2.05, 4.69) is 10.0 Å². The van der Waals surface area contributed by atoms with E-state index in [1.165, 1.54) is 50.6 Å². The van der Waals surface area contributed by atoms with E-state index in [0.29, 0.717) is 12.2 Å². The molecule has 0 radical (unpaired) electrons. The van der Waals surface area contributed by atoms with Crippen LogP contribution in [0.5, 0.6) is 11.5 Å². The van der Waals surface area contributed by atoms with Gasteiger partial charge in [0.1, 0.15) is 0 Å². The summed E-state index contributed by atoms with van der Waals surface area (Å²) in [4.78, 5) is 25.6. The lowest BCUT2D eigenvalue weighted by molar-refractivity contribution is 0.100. The maximum atomic E-state index is 12.7. The quantitative estimate of drug-likeness (QED) is 0.400. The van der Waals surface area contributed by atoms with Crippen molar-refractivity contribution in [2.45, 2.75) is 11.3 Å². The number of primary amides is 1. The molecular formula is C22H23N3O6S2. The summed E-state index contributed by atoms with van der Waals surface area (Å²) in [6.07, 6.45) is 0.588. The van der Waals surface area contributed by atoms with E-state index in [9.17, 15) is 18.0 Å². The number of nitrogens with one attached hydrogen (secondary N) is 2. The van der Waals surface area contributed by atoms with Crippen molar-refractivity contribution in [1.29, 1.82) is 0 Å².